The van der Waals surface area contributed by atoms with E-state index in [1.807, 2.05) is 37.3 Å². The van der Waals surface area contributed by atoms with E-state index in [2.05, 4.69) is 15.2 Å². The molecule has 2 aromatic carbocycles. The SMILES string of the molecule is CCCC(=O)NNS(=O)(=O)c1ccc(-c2ncc(-c3ccccc3)o2)cc1. The summed E-state index contributed by atoms with van der Waals surface area (Å²) in [5, 5.41) is 0. The first-order valence-corrected chi connectivity index (χ1v) is 9.90. The standard InChI is InChI=1S/C19H19N3O4S/c1-2-6-18(23)21-22-27(24,25)16-11-9-15(10-12-16)19-20-13-17(26-19)14-7-4-3-5-8-14/h3-5,7-13,22H,2,6H2,1H3,(H,21,23). The fourth-order valence-electron chi connectivity index (χ4n) is 2.39. The number of sulfonamides is 1. The van der Waals surface area contributed by atoms with E-state index >= 15 is 0 Å². The molecule has 7 nitrogen and oxygen atoms in total. The molecule has 1 amide bonds. The lowest BCUT2D eigenvalue weighted by Crippen LogP contribution is -2.41. The van der Waals surface area contributed by atoms with Crippen LogP contribution < -0.4 is 10.3 Å². The predicted molar refractivity (Wildman–Crippen MR) is 101 cm³/mol. The summed E-state index contributed by atoms with van der Waals surface area (Å²) in [7, 11) is -3.84. The van der Waals surface area contributed by atoms with Gasteiger partial charge < -0.3 is 4.42 Å². The Morgan fingerprint density at radius 3 is 2.41 bits per heavy atom. The third-order valence-electron chi connectivity index (χ3n) is 3.78. The smallest absolute Gasteiger partial charge is 0.257 e. The molecule has 0 atom stereocenters. The molecular weight excluding hydrogens is 366 g/mol. The number of aromatic nitrogens is 1. The Labute approximate surface area is 157 Å². The topological polar surface area (TPSA) is 101 Å². The highest BCUT2D eigenvalue weighted by Gasteiger charge is 2.16. The molecule has 0 aliphatic rings. The third-order valence-corrected chi connectivity index (χ3v) is 5.04. The van der Waals surface area contributed by atoms with E-state index < -0.39 is 10.0 Å². The van der Waals surface area contributed by atoms with Gasteiger partial charge in [0, 0.05) is 17.5 Å². The first-order chi connectivity index (χ1) is 13.0. The van der Waals surface area contributed by atoms with E-state index in [-0.39, 0.29) is 17.2 Å². The molecule has 1 heterocycles. The maximum Gasteiger partial charge on any atom is 0.257 e. The molecule has 0 unspecified atom stereocenters. The zero-order valence-corrected chi connectivity index (χ0v) is 15.5. The van der Waals surface area contributed by atoms with Crippen molar-refractivity contribution in [2.75, 3.05) is 0 Å². The van der Waals surface area contributed by atoms with Gasteiger partial charge in [-0.15, -0.1) is 4.83 Å². The van der Waals surface area contributed by atoms with Crippen LogP contribution in [-0.4, -0.2) is 19.3 Å². The number of nitrogens with one attached hydrogen (secondary N) is 2. The van der Waals surface area contributed by atoms with Gasteiger partial charge in [-0.2, -0.15) is 0 Å². The largest absolute Gasteiger partial charge is 0.436 e. The van der Waals surface area contributed by atoms with Gasteiger partial charge in [0.2, 0.25) is 11.8 Å². The molecule has 3 rings (SSSR count). The van der Waals surface area contributed by atoms with E-state index in [0.29, 0.717) is 23.6 Å². The molecule has 0 aliphatic carbocycles. The van der Waals surface area contributed by atoms with Gasteiger partial charge in [0.25, 0.3) is 10.0 Å². The Morgan fingerprint density at radius 2 is 1.74 bits per heavy atom. The van der Waals surface area contributed by atoms with Crippen LogP contribution in [0.5, 0.6) is 0 Å². The molecule has 1 aromatic heterocycles. The van der Waals surface area contributed by atoms with Gasteiger partial charge in [-0.25, -0.2) is 13.4 Å². The number of hydrogen-bond donors (Lipinski definition) is 2. The Balaban J connectivity index is 1.74. The average molecular weight is 385 g/mol. The number of carbonyl (C=O) groups is 1. The number of hydrogen-bond acceptors (Lipinski definition) is 5. The molecule has 0 spiro atoms. The molecule has 8 heteroatoms. The highest BCUT2D eigenvalue weighted by Crippen LogP contribution is 2.26. The van der Waals surface area contributed by atoms with Crippen molar-refractivity contribution >= 4 is 15.9 Å². The number of carbonyl (C=O) groups excluding carboxylic acids is 1. The zero-order chi connectivity index (χ0) is 19.3. The molecule has 0 saturated carbocycles. The number of amides is 1. The lowest BCUT2D eigenvalue weighted by Gasteiger charge is -2.08. The predicted octanol–water partition coefficient (Wildman–Crippen LogP) is 3.12. The lowest BCUT2D eigenvalue weighted by molar-refractivity contribution is -0.121. The van der Waals surface area contributed by atoms with Crippen LogP contribution in [0.25, 0.3) is 22.8 Å². The van der Waals surface area contributed by atoms with Crippen LogP contribution in [0.15, 0.2) is 70.1 Å². The average Bonchev–Trinajstić information content (AvgIpc) is 3.18. The quantitative estimate of drug-likeness (QED) is 0.609. The van der Waals surface area contributed by atoms with E-state index in [1.54, 1.807) is 18.3 Å². The van der Waals surface area contributed by atoms with E-state index in [9.17, 15) is 13.2 Å². The molecule has 27 heavy (non-hydrogen) atoms. The van der Waals surface area contributed by atoms with Crippen LogP contribution in [0.4, 0.5) is 0 Å². The van der Waals surface area contributed by atoms with E-state index in [4.69, 9.17) is 4.42 Å². The number of rotatable bonds is 7. The second-order valence-corrected chi connectivity index (χ2v) is 7.51. The van der Waals surface area contributed by atoms with Crippen LogP contribution in [-0.2, 0) is 14.8 Å². The third kappa shape index (κ3) is 4.60. The second kappa shape index (κ2) is 8.15. The van der Waals surface area contributed by atoms with Gasteiger partial charge in [0.1, 0.15) is 0 Å². The van der Waals surface area contributed by atoms with E-state index in [0.717, 1.165) is 5.56 Å². The Kier molecular flexibility index (Phi) is 5.68. The van der Waals surface area contributed by atoms with E-state index in [1.165, 1.54) is 12.1 Å². The fraction of sp³-hybridized carbons (Fsp3) is 0.158. The summed E-state index contributed by atoms with van der Waals surface area (Å²) in [4.78, 5) is 17.8. The van der Waals surface area contributed by atoms with Crippen LogP contribution in [0.1, 0.15) is 19.8 Å². The van der Waals surface area contributed by atoms with Crippen molar-refractivity contribution < 1.29 is 17.6 Å². The maximum absolute atomic E-state index is 12.2. The van der Waals surface area contributed by atoms with Crippen molar-refractivity contribution in [2.45, 2.75) is 24.7 Å². The Hall–Kier alpha value is -2.97. The van der Waals surface area contributed by atoms with Crippen molar-refractivity contribution in [1.82, 2.24) is 15.2 Å². The van der Waals surface area contributed by atoms with Gasteiger partial charge in [0.05, 0.1) is 11.1 Å². The zero-order valence-electron chi connectivity index (χ0n) is 14.7. The first kappa shape index (κ1) is 18.8. The summed E-state index contributed by atoms with van der Waals surface area (Å²) in [6.45, 7) is 1.83. The van der Waals surface area contributed by atoms with Crippen LogP contribution in [0.2, 0.25) is 0 Å². The molecule has 140 valence electrons. The molecular formula is C19H19N3O4S. The van der Waals surface area contributed by atoms with Crippen molar-refractivity contribution in [3.8, 4) is 22.8 Å². The summed E-state index contributed by atoms with van der Waals surface area (Å²) in [5.74, 6) is 0.635. The number of oxazole rings is 1. The molecule has 2 N–H and O–H groups in total. The summed E-state index contributed by atoms with van der Waals surface area (Å²) in [5.41, 5.74) is 3.73. The minimum atomic E-state index is -3.84. The fourth-order valence-corrected chi connectivity index (χ4v) is 3.25. The molecule has 0 fully saturated rings. The normalized spacial score (nSPS) is 11.3. The molecule has 0 saturated heterocycles. The Morgan fingerprint density at radius 1 is 1.04 bits per heavy atom. The van der Waals surface area contributed by atoms with Crippen LogP contribution in [0, 0.1) is 0 Å². The number of benzene rings is 2. The molecule has 0 aliphatic heterocycles. The maximum atomic E-state index is 12.2. The van der Waals surface area contributed by atoms with Gasteiger partial charge in [0.15, 0.2) is 5.76 Å². The van der Waals surface area contributed by atoms with Gasteiger partial charge >= 0.3 is 0 Å². The highest BCUT2D eigenvalue weighted by atomic mass is 32.2. The van der Waals surface area contributed by atoms with Crippen LogP contribution >= 0.6 is 0 Å². The van der Waals surface area contributed by atoms with Crippen molar-refractivity contribution in [3.63, 3.8) is 0 Å². The summed E-state index contributed by atoms with van der Waals surface area (Å²) >= 11 is 0. The van der Waals surface area contributed by atoms with Gasteiger partial charge in [-0.1, -0.05) is 37.3 Å². The monoisotopic (exact) mass is 385 g/mol. The minimum Gasteiger partial charge on any atom is -0.436 e. The lowest BCUT2D eigenvalue weighted by atomic mass is 10.2. The van der Waals surface area contributed by atoms with Gasteiger partial charge in [-0.05, 0) is 30.7 Å². The summed E-state index contributed by atoms with van der Waals surface area (Å²) in [6.07, 6.45) is 2.50. The molecule has 0 bridgehead atoms. The number of hydrazine groups is 1. The second-order valence-electron chi connectivity index (χ2n) is 5.82. The Bertz CT molecular complexity index is 1010. The van der Waals surface area contributed by atoms with Crippen LogP contribution in [0.3, 0.4) is 0 Å². The minimum absolute atomic E-state index is 0.0258. The van der Waals surface area contributed by atoms with Crippen molar-refractivity contribution in [1.29, 1.82) is 0 Å². The number of nitrogens with zero attached hydrogens (tertiary/aromatic N) is 1. The van der Waals surface area contributed by atoms with Crippen molar-refractivity contribution in [2.24, 2.45) is 0 Å². The summed E-state index contributed by atoms with van der Waals surface area (Å²) < 4.78 is 30.2. The van der Waals surface area contributed by atoms with Gasteiger partial charge in [-0.3, -0.25) is 10.2 Å². The molecule has 0 radical (unpaired) electrons. The summed E-state index contributed by atoms with van der Waals surface area (Å²) in [6, 6.07) is 15.6. The highest BCUT2D eigenvalue weighted by molar-refractivity contribution is 7.89. The van der Waals surface area contributed by atoms with Crippen molar-refractivity contribution in [3.05, 3.63) is 60.8 Å². The molecule has 3 aromatic rings. The first-order valence-electron chi connectivity index (χ1n) is 8.42.